The lowest BCUT2D eigenvalue weighted by molar-refractivity contribution is -0.114. The third-order valence-electron chi connectivity index (χ3n) is 11.8. The van der Waals surface area contributed by atoms with Gasteiger partial charge in [0.25, 0.3) is 0 Å². The first kappa shape index (κ1) is 43.0. The minimum atomic E-state index is -0.210. The second-order valence-electron chi connectivity index (χ2n) is 20.7. The van der Waals surface area contributed by atoms with Crippen LogP contribution in [0.3, 0.4) is 0 Å². The summed E-state index contributed by atoms with van der Waals surface area (Å²) in [6.07, 6.45) is 24.1. The van der Waals surface area contributed by atoms with Crippen molar-refractivity contribution in [2.75, 3.05) is 0 Å². The van der Waals surface area contributed by atoms with Crippen molar-refractivity contribution in [1.82, 2.24) is 0 Å². The number of hydrogen-bond acceptors (Lipinski definition) is 4. The molecular weight excluding hydrogens is 689 g/mol. The van der Waals surface area contributed by atoms with Gasteiger partial charge in [0.1, 0.15) is 0 Å². The van der Waals surface area contributed by atoms with Crippen LogP contribution in [-0.4, -0.2) is 23.1 Å². The lowest BCUT2D eigenvalue weighted by Gasteiger charge is -2.35. The molecule has 0 amide bonds. The zero-order chi connectivity index (χ0) is 41.7. The molecule has 6 aliphatic rings. The molecule has 6 rings (SSSR count). The van der Waals surface area contributed by atoms with Crippen molar-refractivity contribution in [2.45, 2.75) is 148 Å². The average Bonchev–Trinajstić information content (AvgIpc) is 3.08. The molecule has 0 fully saturated rings. The molecule has 0 aliphatic heterocycles. The van der Waals surface area contributed by atoms with Crippen molar-refractivity contribution in [3.05, 3.63) is 127 Å². The molecule has 0 saturated carbocycles. The van der Waals surface area contributed by atoms with Crippen LogP contribution < -0.4 is 0 Å². The highest BCUT2D eigenvalue weighted by molar-refractivity contribution is 6.14. The topological polar surface area (TPSA) is 68.3 Å². The normalized spacial score (nSPS) is 22.6. The highest BCUT2D eigenvalue weighted by Crippen LogP contribution is 2.48. The second kappa shape index (κ2) is 15.6. The molecule has 0 spiro atoms. The maximum Gasteiger partial charge on any atom is 0.186 e. The van der Waals surface area contributed by atoms with Crippen LogP contribution in [0.1, 0.15) is 151 Å². The van der Waals surface area contributed by atoms with Crippen LogP contribution in [0.5, 0.6) is 0 Å². The van der Waals surface area contributed by atoms with E-state index >= 15 is 0 Å². The molecule has 0 unspecified atom stereocenters. The van der Waals surface area contributed by atoms with Crippen molar-refractivity contribution in [3.63, 3.8) is 0 Å². The third kappa shape index (κ3) is 9.01. The van der Waals surface area contributed by atoms with E-state index in [2.05, 4.69) is 95.2 Å². The Morgan fingerprint density at radius 1 is 0.429 bits per heavy atom. The Bertz CT molecular complexity index is 2070. The summed E-state index contributed by atoms with van der Waals surface area (Å²) in [5.74, 6) is 0.764. The summed E-state index contributed by atoms with van der Waals surface area (Å²) >= 11 is 0. The summed E-state index contributed by atoms with van der Waals surface area (Å²) in [7, 11) is 0. The minimum Gasteiger partial charge on any atom is -0.289 e. The van der Waals surface area contributed by atoms with Crippen molar-refractivity contribution in [2.24, 2.45) is 21.7 Å². The van der Waals surface area contributed by atoms with E-state index in [4.69, 9.17) is 0 Å². The SMILES string of the molecule is CC(C)(C)C1=C/C(=C2\CCCC3=C2CC=C(C(C)(C)C)C3=O)C2=C(CCCC2)C1=O.CC1=CC(=CC=C2C=C(C(C)(C)C)C(=O)C(C(C)(C)C)=C2)C=C(C)C1=O.[HH].[HH]. The molecule has 56 heavy (non-hydrogen) atoms. The number of carbonyl (C=O) groups excluding carboxylic acids is 4. The number of carbonyl (C=O) groups is 4. The maximum atomic E-state index is 13.4. The minimum absolute atomic E-state index is 0. The number of ketones is 4. The third-order valence-corrected chi connectivity index (χ3v) is 11.8. The number of rotatable bonds is 1. The van der Waals surface area contributed by atoms with Gasteiger partial charge in [0, 0.05) is 36.3 Å². The van der Waals surface area contributed by atoms with Gasteiger partial charge in [0.2, 0.25) is 0 Å². The van der Waals surface area contributed by atoms with E-state index in [1.807, 2.05) is 50.3 Å². The molecule has 0 atom stereocenters. The lowest BCUT2D eigenvalue weighted by atomic mass is 9.68. The van der Waals surface area contributed by atoms with Gasteiger partial charge < -0.3 is 0 Å². The van der Waals surface area contributed by atoms with Crippen LogP contribution in [0, 0.1) is 21.7 Å². The van der Waals surface area contributed by atoms with Gasteiger partial charge >= 0.3 is 0 Å². The summed E-state index contributed by atoms with van der Waals surface area (Å²) < 4.78 is 0. The molecule has 302 valence electrons. The largest absolute Gasteiger partial charge is 0.289 e. The fraction of sp³-hybridized carbons (Fsp3) is 0.500. The van der Waals surface area contributed by atoms with E-state index < -0.39 is 0 Å². The fourth-order valence-electron chi connectivity index (χ4n) is 8.70. The van der Waals surface area contributed by atoms with Gasteiger partial charge in [0.05, 0.1) is 0 Å². The van der Waals surface area contributed by atoms with E-state index in [9.17, 15) is 19.2 Å². The summed E-state index contributed by atoms with van der Waals surface area (Å²) in [6.45, 7) is 28.9. The lowest BCUT2D eigenvalue weighted by Crippen LogP contribution is -2.27. The molecule has 4 nitrogen and oxygen atoms in total. The summed E-state index contributed by atoms with van der Waals surface area (Å²) in [5.41, 5.74) is 13.6. The standard InChI is InChI=1S/C28H36O2.C24H30O2.2H2/c1-27(2,3)23-15-14-19-17(12-9-13-21(19)25(23)29)22-16-24(28(4,5)6)26(30)20-11-8-7-10-18(20)22;1-15-11-17(12-16(2)21(15)25)9-10-18-13-19(23(3,4)5)22(26)20(14-18)24(6,7)8;;/h15-16H,7-14H2,1-6H3;9-14H,1-8H3;2*1H/b22-17-;;;. The number of hydrogen-bond donors (Lipinski definition) is 0. The molecular formula is C52H70O4. The van der Waals surface area contributed by atoms with Crippen LogP contribution in [0.2, 0.25) is 0 Å². The van der Waals surface area contributed by atoms with E-state index in [0.717, 1.165) is 107 Å². The van der Waals surface area contributed by atoms with Crippen LogP contribution in [0.15, 0.2) is 127 Å². The molecule has 4 heteroatoms. The van der Waals surface area contributed by atoms with Crippen LogP contribution >= 0.6 is 0 Å². The van der Waals surface area contributed by atoms with Gasteiger partial charge in [-0.1, -0.05) is 101 Å². The zero-order valence-corrected chi connectivity index (χ0v) is 36.9. The average molecular weight is 759 g/mol. The predicted molar refractivity (Wildman–Crippen MR) is 236 cm³/mol. The van der Waals surface area contributed by atoms with Gasteiger partial charge in [0.15, 0.2) is 23.1 Å². The Labute approximate surface area is 340 Å². The van der Waals surface area contributed by atoms with Crippen molar-refractivity contribution < 1.29 is 22.0 Å². The van der Waals surface area contributed by atoms with E-state index in [0.29, 0.717) is 0 Å². The quantitative estimate of drug-likeness (QED) is 0.267. The summed E-state index contributed by atoms with van der Waals surface area (Å²) in [6, 6.07) is 0. The van der Waals surface area contributed by atoms with Crippen LogP contribution in [0.4, 0.5) is 0 Å². The molecule has 0 heterocycles. The van der Waals surface area contributed by atoms with Crippen molar-refractivity contribution in [3.8, 4) is 0 Å². The Kier molecular flexibility index (Phi) is 12.0. The highest BCUT2D eigenvalue weighted by Gasteiger charge is 2.38. The van der Waals surface area contributed by atoms with Crippen molar-refractivity contribution >= 4 is 23.1 Å². The Balaban J connectivity index is 0.000000303. The number of Topliss-reactive ketones (excluding diaryl/α,β-unsaturated/α-hetero) is 4. The smallest absolute Gasteiger partial charge is 0.186 e. The van der Waals surface area contributed by atoms with Gasteiger partial charge in [-0.15, -0.1) is 0 Å². The summed E-state index contributed by atoms with van der Waals surface area (Å²) in [4.78, 5) is 51.5. The zero-order valence-electron chi connectivity index (χ0n) is 36.9. The van der Waals surface area contributed by atoms with Crippen LogP contribution in [-0.2, 0) is 19.2 Å². The first-order valence-electron chi connectivity index (χ1n) is 20.8. The molecule has 0 radical (unpaired) electrons. The van der Waals surface area contributed by atoms with Crippen LogP contribution in [0.25, 0.3) is 0 Å². The van der Waals surface area contributed by atoms with E-state index in [-0.39, 0.29) is 47.6 Å². The number of allylic oxidation sites excluding steroid dienone is 22. The van der Waals surface area contributed by atoms with E-state index in [1.54, 1.807) is 0 Å². The molecule has 0 N–H and O–H groups in total. The molecule has 0 aromatic rings. The first-order valence-corrected chi connectivity index (χ1v) is 20.8. The van der Waals surface area contributed by atoms with Crippen molar-refractivity contribution in [1.29, 1.82) is 0 Å². The van der Waals surface area contributed by atoms with Gasteiger partial charge in [-0.3, -0.25) is 19.2 Å². The fourth-order valence-corrected chi connectivity index (χ4v) is 8.70. The molecule has 0 bridgehead atoms. The molecule has 0 saturated heterocycles. The Hall–Kier alpha value is -4.18. The monoisotopic (exact) mass is 759 g/mol. The molecule has 6 aliphatic carbocycles. The second-order valence-corrected chi connectivity index (χ2v) is 20.7. The van der Waals surface area contributed by atoms with Gasteiger partial charge in [-0.25, -0.2) is 0 Å². The highest BCUT2D eigenvalue weighted by atomic mass is 16.1. The maximum absolute atomic E-state index is 13.4. The van der Waals surface area contributed by atoms with E-state index in [1.165, 1.54) is 22.3 Å². The Morgan fingerprint density at radius 3 is 1.32 bits per heavy atom. The Morgan fingerprint density at radius 2 is 0.821 bits per heavy atom. The van der Waals surface area contributed by atoms with Gasteiger partial charge in [-0.2, -0.15) is 0 Å². The van der Waals surface area contributed by atoms with Gasteiger partial charge in [-0.05, 0) is 162 Å². The molecule has 0 aromatic carbocycles. The first-order chi connectivity index (χ1) is 25.8. The molecule has 0 aromatic heterocycles. The predicted octanol–water partition coefficient (Wildman–Crippen LogP) is 13.5. The summed E-state index contributed by atoms with van der Waals surface area (Å²) in [5, 5.41) is 0.